The fourth-order valence-corrected chi connectivity index (χ4v) is 5.34. The minimum atomic E-state index is 0.128. The van der Waals surface area contributed by atoms with Crippen molar-refractivity contribution in [3.8, 4) is 11.8 Å². The Kier molecular flexibility index (Phi) is 7.43. The second kappa shape index (κ2) is 10.9. The van der Waals surface area contributed by atoms with E-state index in [1.54, 1.807) is 12.1 Å². The van der Waals surface area contributed by atoms with Gasteiger partial charge in [-0.1, -0.05) is 11.6 Å². The Labute approximate surface area is 212 Å². The van der Waals surface area contributed by atoms with E-state index >= 15 is 0 Å². The normalized spacial score (nSPS) is 23.3. The predicted octanol–water partition coefficient (Wildman–Crippen LogP) is 3.74. The van der Waals surface area contributed by atoms with Crippen LogP contribution in [0.1, 0.15) is 41.6 Å². The Morgan fingerprint density at radius 1 is 1.03 bits per heavy atom. The number of hydrogen-bond donors (Lipinski definition) is 2. The first-order valence-corrected chi connectivity index (χ1v) is 12.9. The highest BCUT2D eigenvalue weighted by atomic mass is 35.5. The number of ether oxygens (including phenoxy) is 1. The first-order chi connectivity index (χ1) is 17.1. The van der Waals surface area contributed by atoms with Gasteiger partial charge in [0.1, 0.15) is 11.8 Å². The second-order valence-electron chi connectivity index (χ2n) is 9.71. The van der Waals surface area contributed by atoms with Gasteiger partial charge < -0.3 is 20.3 Å². The van der Waals surface area contributed by atoms with Crippen LogP contribution in [0, 0.1) is 11.3 Å². The smallest absolute Gasteiger partial charge is 0.253 e. The number of amides is 1. The summed E-state index contributed by atoms with van der Waals surface area (Å²) < 4.78 is 6.09. The molecule has 35 heavy (non-hydrogen) atoms. The van der Waals surface area contributed by atoms with E-state index < -0.39 is 0 Å². The topological polar surface area (TPSA) is 80.6 Å². The predicted molar refractivity (Wildman–Crippen MR) is 137 cm³/mol. The summed E-state index contributed by atoms with van der Waals surface area (Å²) in [5.74, 6) is 0.843. The van der Waals surface area contributed by atoms with Gasteiger partial charge in [0.05, 0.1) is 16.7 Å². The van der Waals surface area contributed by atoms with E-state index in [0.29, 0.717) is 28.4 Å². The molecule has 7 nitrogen and oxygen atoms in total. The number of nitrogens with zero attached hydrogens (tertiary/aromatic N) is 3. The number of nitrogens with one attached hydrogen (secondary N) is 2. The zero-order chi connectivity index (χ0) is 24.2. The summed E-state index contributed by atoms with van der Waals surface area (Å²) in [6, 6.07) is 16.3. The summed E-state index contributed by atoms with van der Waals surface area (Å²) >= 11 is 6.12. The monoisotopic (exact) mass is 493 g/mol. The third-order valence-corrected chi connectivity index (χ3v) is 7.73. The average molecular weight is 494 g/mol. The van der Waals surface area contributed by atoms with E-state index in [-0.39, 0.29) is 12.0 Å². The molecule has 3 fully saturated rings. The van der Waals surface area contributed by atoms with Crippen molar-refractivity contribution in [1.29, 1.82) is 5.26 Å². The van der Waals surface area contributed by atoms with E-state index in [1.807, 2.05) is 35.2 Å². The van der Waals surface area contributed by atoms with E-state index in [2.05, 4.69) is 21.6 Å². The van der Waals surface area contributed by atoms with Crippen molar-refractivity contribution in [3.63, 3.8) is 0 Å². The second-order valence-corrected chi connectivity index (χ2v) is 10.1. The van der Waals surface area contributed by atoms with Crippen LogP contribution in [0.4, 0.5) is 5.69 Å². The molecule has 2 aromatic rings. The highest BCUT2D eigenvalue weighted by Gasteiger charge is 2.29. The number of carbonyl (C=O) groups excluding carboxylic acids is 1. The first-order valence-electron chi connectivity index (χ1n) is 12.6. The standard InChI is InChI=1S/C27H32ClN5O2/c28-26-15-25(8-3-20(26)16-29)35-24-9-6-22(7-10-24)31-21-4-1-19(2-5-21)27(34)33-13-11-32(12-14-33)23-17-30-18-23/h1-5,8,15,22-24,30-31H,6-7,9-14,17-18H2/t22-,24-. The molecule has 0 unspecified atom stereocenters. The molecule has 0 atom stereocenters. The van der Waals surface area contributed by atoms with Crippen LogP contribution in [-0.4, -0.2) is 73.2 Å². The van der Waals surface area contributed by atoms with Gasteiger partial charge in [0.25, 0.3) is 5.91 Å². The highest BCUT2D eigenvalue weighted by Crippen LogP contribution is 2.28. The van der Waals surface area contributed by atoms with Crippen molar-refractivity contribution in [2.75, 3.05) is 44.6 Å². The maximum atomic E-state index is 12.9. The van der Waals surface area contributed by atoms with Gasteiger partial charge in [-0.3, -0.25) is 9.69 Å². The van der Waals surface area contributed by atoms with Gasteiger partial charge in [-0.25, -0.2) is 0 Å². The summed E-state index contributed by atoms with van der Waals surface area (Å²) in [6.07, 6.45) is 4.08. The van der Waals surface area contributed by atoms with Crippen LogP contribution in [0.3, 0.4) is 0 Å². The maximum Gasteiger partial charge on any atom is 0.253 e. The van der Waals surface area contributed by atoms with Gasteiger partial charge in [-0.05, 0) is 62.1 Å². The molecule has 5 rings (SSSR count). The van der Waals surface area contributed by atoms with Crippen molar-refractivity contribution in [2.45, 2.75) is 43.9 Å². The fraction of sp³-hybridized carbons (Fsp3) is 0.481. The minimum absolute atomic E-state index is 0.128. The van der Waals surface area contributed by atoms with E-state index in [1.165, 1.54) is 0 Å². The van der Waals surface area contributed by atoms with Crippen molar-refractivity contribution < 1.29 is 9.53 Å². The molecule has 1 saturated carbocycles. The molecular weight excluding hydrogens is 462 g/mol. The molecular formula is C27H32ClN5O2. The van der Waals surface area contributed by atoms with Crippen LogP contribution in [0.5, 0.6) is 5.75 Å². The number of nitriles is 1. The number of carbonyl (C=O) groups is 1. The van der Waals surface area contributed by atoms with Gasteiger partial charge in [0, 0.05) is 68.7 Å². The minimum Gasteiger partial charge on any atom is -0.490 e. The lowest BCUT2D eigenvalue weighted by Crippen LogP contribution is -2.62. The molecule has 0 aromatic heterocycles. The molecule has 2 N–H and O–H groups in total. The number of rotatable bonds is 6. The van der Waals surface area contributed by atoms with Crippen LogP contribution < -0.4 is 15.4 Å². The van der Waals surface area contributed by atoms with Crippen molar-refractivity contribution in [1.82, 2.24) is 15.1 Å². The van der Waals surface area contributed by atoms with Gasteiger partial charge in [0.15, 0.2) is 0 Å². The van der Waals surface area contributed by atoms with E-state index in [9.17, 15) is 4.79 Å². The lowest BCUT2D eigenvalue weighted by atomic mass is 9.92. The Hall–Kier alpha value is -2.79. The van der Waals surface area contributed by atoms with Gasteiger partial charge >= 0.3 is 0 Å². The largest absolute Gasteiger partial charge is 0.490 e. The molecule has 2 saturated heterocycles. The first kappa shape index (κ1) is 23.9. The Morgan fingerprint density at radius 3 is 2.34 bits per heavy atom. The quantitative estimate of drug-likeness (QED) is 0.638. The third kappa shape index (κ3) is 5.72. The van der Waals surface area contributed by atoms with Crippen LogP contribution in [0.25, 0.3) is 0 Å². The maximum absolute atomic E-state index is 12.9. The number of halogens is 1. The Balaban J connectivity index is 1.07. The molecule has 3 aliphatic rings. The number of anilines is 1. The molecule has 2 heterocycles. The Morgan fingerprint density at radius 2 is 1.74 bits per heavy atom. The number of piperazine rings is 1. The lowest BCUT2D eigenvalue weighted by molar-refractivity contribution is 0.0502. The van der Waals surface area contributed by atoms with Gasteiger partial charge in [-0.15, -0.1) is 0 Å². The van der Waals surface area contributed by atoms with Gasteiger partial charge in [-0.2, -0.15) is 5.26 Å². The SMILES string of the molecule is N#Cc1ccc(O[C@H]2CC[C@H](Nc3ccc(C(=O)N4CCN(C5CNC5)CC4)cc3)CC2)cc1Cl. The molecule has 1 amide bonds. The van der Waals surface area contributed by atoms with E-state index in [4.69, 9.17) is 21.6 Å². The summed E-state index contributed by atoms with van der Waals surface area (Å²) in [5.41, 5.74) is 2.27. The summed E-state index contributed by atoms with van der Waals surface area (Å²) in [4.78, 5) is 17.4. The molecule has 0 spiro atoms. The zero-order valence-electron chi connectivity index (χ0n) is 19.9. The van der Waals surface area contributed by atoms with Crippen molar-refractivity contribution >= 4 is 23.2 Å². The fourth-order valence-electron chi connectivity index (χ4n) is 5.13. The summed E-state index contributed by atoms with van der Waals surface area (Å²) in [7, 11) is 0. The molecule has 2 aromatic carbocycles. The molecule has 8 heteroatoms. The van der Waals surface area contributed by atoms with E-state index in [0.717, 1.165) is 76.2 Å². The Bertz CT molecular complexity index is 1070. The number of benzene rings is 2. The summed E-state index contributed by atoms with van der Waals surface area (Å²) in [5, 5.41) is 16.4. The molecule has 1 aliphatic carbocycles. The van der Waals surface area contributed by atoms with Crippen LogP contribution in [0.15, 0.2) is 42.5 Å². The van der Waals surface area contributed by atoms with Crippen molar-refractivity contribution in [2.24, 2.45) is 0 Å². The molecule has 0 radical (unpaired) electrons. The van der Waals surface area contributed by atoms with Crippen molar-refractivity contribution in [3.05, 3.63) is 58.6 Å². The molecule has 2 aliphatic heterocycles. The molecule has 184 valence electrons. The highest BCUT2D eigenvalue weighted by molar-refractivity contribution is 6.31. The summed E-state index contributed by atoms with van der Waals surface area (Å²) in [6.45, 7) is 5.67. The lowest BCUT2D eigenvalue weighted by Gasteiger charge is -2.43. The van der Waals surface area contributed by atoms with Crippen LogP contribution >= 0.6 is 11.6 Å². The average Bonchev–Trinajstić information content (AvgIpc) is 2.85. The zero-order valence-corrected chi connectivity index (χ0v) is 20.6. The third-order valence-electron chi connectivity index (χ3n) is 7.42. The molecule has 0 bridgehead atoms. The number of hydrogen-bond acceptors (Lipinski definition) is 6. The van der Waals surface area contributed by atoms with Gasteiger partial charge in [0.2, 0.25) is 0 Å². The van der Waals surface area contributed by atoms with Crippen LogP contribution in [0.2, 0.25) is 5.02 Å². The van der Waals surface area contributed by atoms with Crippen LogP contribution in [-0.2, 0) is 0 Å².